The Morgan fingerprint density at radius 1 is 0.800 bits per heavy atom. The molecule has 0 spiro atoms. The van der Waals surface area contributed by atoms with Crippen molar-refractivity contribution in [2.45, 2.75) is 0 Å². The van der Waals surface area contributed by atoms with Gasteiger partial charge in [-0.05, 0) is 42.5 Å². The molecule has 5 aromatic rings. The van der Waals surface area contributed by atoms with Crippen LogP contribution in [-0.2, 0) is 4.79 Å². The Kier molecular flexibility index (Phi) is 6.35. The van der Waals surface area contributed by atoms with Crippen LogP contribution in [0.1, 0.15) is 0 Å². The van der Waals surface area contributed by atoms with E-state index in [1.165, 1.54) is 18.2 Å². The van der Waals surface area contributed by atoms with Crippen LogP contribution in [0.2, 0.25) is 0 Å². The SMILES string of the molecule is O=C(COc1ccc(-c2nc(-c3ccccc3)c(-c3ccccc3)[nH]2)cc1)Nc1cccc(F)c1. The maximum atomic E-state index is 13.3. The third-order valence-electron chi connectivity index (χ3n) is 5.42. The Bertz CT molecular complexity index is 1380. The monoisotopic (exact) mass is 463 g/mol. The van der Waals surface area contributed by atoms with Gasteiger partial charge in [0.1, 0.15) is 17.4 Å². The highest BCUT2D eigenvalue weighted by Gasteiger charge is 2.15. The lowest BCUT2D eigenvalue weighted by Gasteiger charge is -2.08. The number of aromatic nitrogens is 2. The lowest BCUT2D eigenvalue weighted by molar-refractivity contribution is -0.118. The van der Waals surface area contributed by atoms with Gasteiger partial charge in [-0.15, -0.1) is 0 Å². The number of benzene rings is 4. The van der Waals surface area contributed by atoms with Crippen LogP contribution in [0.4, 0.5) is 10.1 Å². The van der Waals surface area contributed by atoms with E-state index >= 15 is 0 Å². The van der Waals surface area contributed by atoms with Crippen molar-refractivity contribution in [3.8, 4) is 39.7 Å². The van der Waals surface area contributed by atoms with Crippen LogP contribution in [0.3, 0.4) is 0 Å². The van der Waals surface area contributed by atoms with E-state index in [0.717, 1.165) is 33.9 Å². The maximum absolute atomic E-state index is 13.3. The summed E-state index contributed by atoms with van der Waals surface area (Å²) < 4.78 is 18.9. The van der Waals surface area contributed by atoms with E-state index in [2.05, 4.69) is 22.4 Å². The lowest BCUT2D eigenvalue weighted by Crippen LogP contribution is -2.20. The molecule has 172 valence electrons. The quantitative estimate of drug-likeness (QED) is 0.287. The number of anilines is 1. The van der Waals surface area contributed by atoms with Crippen LogP contribution >= 0.6 is 0 Å². The molecule has 0 bridgehead atoms. The summed E-state index contributed by atoms with van der Waals surface area (Å²) in [6, 6.07) is 33.2. The van der Waals surface area contributed by atoms with Crippen LogP contribution in [0, 0.1) is 5.82 Å². The number of rotatable bonds is 7. The van der Waals surface area contributed by atoms with E-state index in [1.54, 1.807) is 18.2 Å². The van der Waals surface area contributed by atoms with Crippen molar-refractivity contribution >= 4 is 11.6 Å². The van der Waals surface area contributed by atoms with Gasteiger partial charge < -0.3 is 15.0 Å². The predicted molar refractivity (Wildman–Crippen MR) is 135 cm³/mol. The van der Waals surface area contributed by atoms with E-state index in [0.29, 0.717) is 11.4 Å². The highest BCUT2D eigenvalue weighted by Crippen LogP contribution is 2.33. The molecule has 6 heteroatoms. The first-order chi connectivity index (χ1) is 17.2. The first-order valence-electron chi connectivity index (χ1n) is 11.2. The molecule has 1 amide bonds. The fourth-order valence-electron chi connectivity index (χ4n) is 3.75. The number of halogens is 1. The van der Waals surface area contributed by atoms with Gasteiger partial charge in [-0.25, -0.2) is 9.37 Å². The van der Waals surface area contributed by atoms with Crippen molar-refractivity contribution in [3.05, 3.63) is 115 Å². The average molecular weight is 464 g/mol. The predicted octanol–water partition coefficient (Wildman–Crippen LogP) is 6.57. The van der Waals surface area contributed by atoms with Crippen LogP contribution in [-0.4, -0.2) is 22.5 Å². The molecule has 2 N–H and O–H groups in total. The molecule has 0 fully saturated rings. The molecule has 0 aliphatic rings. The lowest BCUT2D eigenvalue weighted by atomic mass is 10.1. The van der Waals surface area contributed by atoms with Crippen LogP contribution < -0.4 is 10.1 Å². The molecule has 5 rings (SSSR count). The molecule has 0 aliphatic carbocycles. The van der Waals surface area contributed by atoms with Crippen LogP contribution in [0.15, 0.2) is 109 Å². The van der Waals surface area contributed by atoms with Gasteiger partial charge in [0, 0.05) is 22.4 Å². The van der Waals surface area contributed by atoms with Crippen molar-refractivity contribution < 1.29 is 13.9 Å². The highest BCUT2D eigenvalue weighted by atomic mass is 19.1. The van der Waals surface area contributed by atoms with E-state index in [9.17, 15) is 9.18 Å². The van der Waals surface area contributed by atoms with Gasteiger partial charge in [-0.3, -0.25) is 4.79 Å². The molecule has 0 aliphatic heterocycles. The molecular formula is C29H22FN3O2. The Morgan fingerprint density at radius 3 is 2.17 bits per heavy atom. The van der Waals surface area contributed by atoms with E-state index in [-0.39, 0.29) is 12.5 Å². The van der Waals surface area contributed by atoms with Crippen molar-refractivity contribution in [2.75, 3.05) is 11.9 Å². The summed E-state index contributed by atoms with van der Waals surface area (Å²) in [5, 5.41) is 2.61. The number of ether oxygens (including phenoxy) is 1. The molecule has 1 aromatic heterocycles. The molecule has 0 saturated carbocycles. The fourth-order valence-corrected chi connectivity index (χ4v) is 3.75. The maximum Gasteiger partial charge on any atom is 0.262 e. The van der Waals surface area contributed by atoms with Crippen molar-refractivity contribution in [1.82, 2.24) is 9.97 Å². The van der Waals surface area contributed by atoms with E-state index in [1.807, 2.05) is 60.7 Å². The van der Waals surface area contributed by atoms with Crippen LogP contribution in [0.25, 0.3) is 33.9 Å². The smallest absolute Gasteiger partial charge is 0.262 e. The molecular weight excluding hydrogens is 441 g/mol. The molecule has 0 atom stereocenters. The molecule has 0 unspecified atom stereocenters. The molecule has 5 nitrogen and oxygen atoms in total. The minimum absolute atomic E-state index is 0.188. The normalized spacial score (nSPS) is 10.7. The average Bonchev–Trinajstić information content (AvgIpc) is 3.34. The summed E-state index contributed by atoms with van der Waals surface area (Å²) in [7, 11) is 0. The Balaban J connectivity index is 1.32. The Morgan fingerprint density at radius 2 is 1.49 bits per heavy atom. The van der Waals surface area contributed by atoms with Gasteiger partial charge >= 0.3 is 0 Å². The Hall–Kier alpha value is -4.71. The van der Waals surface area contributed by atoms with Gasteiger partial charge in [0.05, 0.1) is 11.4 Å². The van der Waals surface area contributed by atoms with Crippen molar-refractivity contribution in [1.29, 1.82) is 0 Å². The molecule has 35 heavy (non-hydrogen) atoms. The second-order valence-corrected chi connectivity index (χ2v) is 7.91. The summed E-state index contributed by atoms with van der Waals surface area (Å²) in [6.07, 6.45) is 0. The number of amides is 1. The second-order valence-electron chi connectivity index (χ2n) is 7.91. The number of H-pyrrole nitrogens is 1. The summed E-state index contributed by atoms with van der Waals surface area (Å²) in [6.45, 7) is -0.188. The van der Waals surface area contributed by atoms with Gasteiger partial charge in [0.15, 0.2) is 6.61 Å². The van der Waals surface area contributed by atoms with Gasteiger partial charge in [0.2, 0.25) is 0 Å². The summed E-state index contributed by atoms with van der Waals surface area (Å²) in [4.78, 5) is 20.5. The third-order valence-corrected chi connectivity index (χ3v) is 5.42. The summed E-state index contributed by atoms with van der Waals surface area (Å²) in [5.74, 6) is 0.494. The van der Waals surface area contributed by atoms with Crippen molar-refractivity contribution in [3.63, 3.8) is 0 Å². The first kappa shape index (κ1) is 22.1. The number of aromatic amines is 1. The van der Waals surface area contributed by atoms with E-state index < -0.39 is 5.82 Å². The standard InChI is InChI=1S/C29H22FN3O2/c30-23-12-7-13-24(18-23)31-26(34)19-35-25-16-14-22(15-17-25)29-32-27(20-8-3-1-4-9-20)28(33-29)21-10-5-2-6-11-21/h1-18H,19H2,(H,31,34)(H,32,33). The third kappa shape index (κ3) is 5.28. The Labute approximate surface area is 202 Å². The zero-order valence-electron chi connectivity index (χ0n) is 18.7. The largest absolute Gasteiger partial charge is 0.484 e. The molecule has 0 radical (unpaired) electrons. The summed E-state index contributed by atoms with van der Waals surface area (Å²) >= 11 is 0. The number of hydrogen-bond acceptors (Lipinski definition) is 3. The fraction of sp³-hybridized carbons (Fsp3) is 0.0345. The van der Waals surface area contributed by atoms with E-state index in [4.69, 9.17) is 9.72 Å². The van der Waals surface area contributed by atoms with Gasteiger partial charge in [-0.1, -0.05) is 66.7 Å². The number of carbonyl (C=O) groups excluding carboxylic acids is 1. The van der Waals surface area contributed by atoms with Crippen molar-refractivity contribution in [2.24, 2.45) is 0 Å². The van der Waals surface area contributed by atoms with Crippen LogP contribution in [0.5, 0.6) is 5.75 Å². The van der Waals surface area contributed by atoms with Gasteiger partial charge in [-0.2, -0.15) is 0 Å². The minimum atomic E-state index is -0.414. The first-order valence-corrected chi connectivity index (χ1v) is 11.2. The molecule has 0 saturated heterocycles. The zero-order valence-corrected chi connectivity index (χ0v) is 18.7. The number of nitrogens with zero attached hydrogens (tertiary/aromatic N) is 1. The number of imidazole rings is 1. The number of carbonyl (C=O) groups is 1. The zero-order chi connectivity index (χ0) is 24.0. The minimum Gasteiger partial charge on any atom is -0.484 e. The molecule has 1 heterocycles. The second kappa shape index (κ2) is 10.1. The number of nitrogens with one attached hydrogen (secondary N) is 2. The number of hydrogen-bond donors (Lipinski definition) is 2. The highest BCUT2D eigenvalue weighted by molar-refractivity contribution is 5.91. The molecule has 4 aromatic carbocycles. The summed E-state index contributed by atoms with van der Waals surface area (Å²) in [5.41, 5.74) is 5.17. The van der Waals surface area contributed by atoms with Gasteiger partial charge in [0.25, 0.3) is 5.91 Å². The topological polar surface area (TPSA) is 67.0 Å².